The fourth-order valence-corrected chi connectivity index (χ4v) is 9.43. The number of aliphatic imine (C=N–C) groups is 1. The highest BCUT2D eigenvalue weighted by molar-refractivity contribution is 5.78. The van der Waals surface area contributed by atoms with Crippen LogP contribution in [0.5, 0.6) is 0 Å². The smallest absolute Gasteiger partial charge is 0.220 e. The van der Waals surface area contributed by atoms with Gasteiger partial charge in [0.2, 0.25) is 11.8 Å². The minimum Gasteiger partial charge on any atom is -0.478 e. The zero-order valence-corrected chi connectivity index (χ0v) is 46.0. The van der Waals surface area contributed by atoms with Gasteiger partial charge >= 0.3 is 0 Å². The summed E-state index contributed by atoms with van der Waals surface area (Å²) in [6.07, 6.45) is 62.7. The van der Waals surface area contributed by atoms with Gasteiger partial charge in [-0.3, -0.25) is 9.59 Å². The van der Waals surface area contributed by atoms with Crippen molar-refractivity contribution in [1.29, 1.82) is 0 Å². The summed E-state index contributed by atoms with van der Waals surface area (Å²) in [5, 5.41) is 24.5. The van der Waals surface area contributed by atoms with Gasteiger partial charge < -0.3 is 25.6 Å². The van der Waals surface area contributed by atoms with Crippen molar-refractivity contribution in [2.45, 2.75) is 335 Å². The minimum absolute atomic E-state index is 0.126. The summed E-state index contributed by atoms with van der Waals surface area (Å²) < 4.78 is 5.50. The Hall–Kier alpha value is -1.67. The van der Waals surface area contributed by atoms with Gasteiger partial charge in [0.1, 0.15) is 12.1 Å². The molecule has 1 rings (SSSR count). The Morgan fingerprint density at radius 3 is 0.868 bits per heavy atom. The lowest BCUT2D eigenvalue weighted by molar-refractivity contribution is -0.123. The van der Waals surface area contributed by atoms with E-state index in [9.17, 15) is 19.8 Å². The highest BCUT2D eigenvalue weighted by Gasteiger charge is 2.35. The van der Waals surface area contributed by atoms with Gasteiger partial charge in [0, 0.05) is 32.4 Å². The summed E-state index contributed by atoms with van der Waals surface area (Å²) >= 11 is 0. The van der Waals surface area contributed by atoms with E-state index >= 15 is 0 Å². The second-order valence-electron chi connectivity index (χ2n) is 21.1. The molecule has 0 atom stereocenters. The van der Waals surface area contributed by atoms with Crippen molar-refractivity contribution in [2.75, 3.05) is 32.9 Å². The molecule has 8 nitrogen and oxygen atoms in total. The van der Waals surface area contributed by atoms with E-state index < -0.39 is 5.54 Å². The molecule has 0 aromatic carbocycles. The Balaban J connectivity index is 0.00000147. The number of amides is 2. The lowest BCUT2D eigenvalue weighted by Gasteiger charge is -2.16. The van der Waals surface area contributed by atoms with Gasteiger partial charge in [0.05, 0.1) is 13.2 Å². The van der Waals surface area contributed by atoms with Crippen LogP contribution in [0.25, 0.3) is 0 Å². The average molecular weight is 963 g/mol. The van der Waals surface area contributed by atoms with Gasteiger partial charge in [-0.15, -0.1) is 0 Å². The molecule has 404 valence electrons. The number of aliphatic hydroxyl groups excluding tert-OH is 2. The van der Waals surface area contributed by atoms with Crippen LogP contribution in [0.1, 0.15) is 329 Å². The molecule has 0 unspecified atom stereocenters. The van der Waals surface area contributed by atoms with Gasteiger partial charge in [0.15, 0.2) is 5.90 Å². The van der Waals surface area contributed by atoms with Crippen molar-refractivity contribution in [1.82, 2.24) is 10.6 Å². The van der Waals surface area contributed by atoms with Crippen LogP contribution in [0.15, 0.2) is 4.99 Å². The topological polar surface area (TPSA) is 120 Å². The molecule has 0 aliphatic carbocycles. The third-order valence-electron chi connectivity index (χ3n) is 14.2. The summed E-state index contributed by atoms with van der Waals surface area (Å²) in [7, 11) is 0. The van der Waals surface area contributed by atoms with Crippen molar-refractivity contribution in [3.63, 3.8) is 0 Å². The lowest BCUT2D eigenvalue weighted by atomic mass is 10.0. The maximum absolute atomic E-state index is 12.0. The summed E-state index contributed by atoms with van der Waals surface area (Å²) in [6, 6.07) is 0. The summed E-state index contributed by atoms with van der Waals surface area (Å²) in [5.41, 5.74) is -0.787. The van der Waals surface area contributed by atoms with Crippen LogP contribution in [0.3, 0.4) is 0 Å². The molecule has 8 heteroatoms. The monoisotopic (exact) mass is 962 g/mol. The molecule has 2 amide bonds. The van der Waals surface area contributed by atoms with E-state index in [1.54, 1.807) is 0 Å². The summed E-state index contributed by atoms with van der Waals surface area (Å²) in [4.78, 5) is 28.4. The molecule has 0 saturated heterocycles. The second kappa shape index (κ2) is 54.7. The predicted molar refractivity (Wildman–Crippen MR) is 295 cm³/mol. The molecule has 0 fully saturated rings. The second-order valence-corrected chi connectivity index (χ2v) is 21.1. The molecule has 0 saturated carbocycles. The quantitative estimate of drug-likeness (QED) is 0.0453. The van der Waals surface area contributed by atoms with E-state index in [4.69, 9.17) is 4.74 Å². The standard InChI is InChI=1S/C38H76N2O2.C22H43NO3/c1-3-5-7-9-11-13-15-17-19-21-23-25-27-29-31-33-37(41)39-35-36-40-38(42)34-32-30-28-26-24-22-20-18-16-14-12-10-8-6-4-2;1-2-3-4-5-6-7-8-9-10-11-12-13-14-15-16-17-21-23-22(18-24,19-25)20-26-21/h3-36H2,1-2H3,(H,39,41)(H,40,42);24-25H,2-20H2,1H3. The van der Waals surface area contributed by atoms with Gasteiger partial charge in [0.25, 0.3) is 0 Å². The molecule has 0 spiro atoms. The first-order chi connectivity index (χ1) is 33.5. The highest BCUT2D eigenvalue weighted by atomic mass is 16.5. The lowest BCUT2D eigenvalue weighted by Crippen LogP contribution is -2.37. The maximum Gasteiger partial charge on any atom is 0.220 e. The first-order valence-corrected chi connectivity index (χ1v) is 30.4. The molecular weight excluding hydrogens is 843 g/mol. The number of ether oxygens (including phenoxy) is 1. The molecule has 0 aromatic heterocycles. The first-order valence-electron chi connectivity index (χ1n) is 30.4. The molecule has 1 aliphatic heterocycles. The van der Waals surface area contributed by atoms with Crippen LogP contribution in [-0.2, 0) is 14.3 Å². The molecular formula is C60H119N3O5. The summed E-state index contributed by atoms with van der Waals surface area (Å²) in [5.74, 6) is 0.963. The van der Waals surface area contributed by atoms with Crippen molar-refractivity contribution >= 4 is 17.7 Å². The fourth-order valence-electron chi connectivity index (χ4n) is 9.43. The SMILES string of the molecule is CCCCCCCCCCCCCCCCCC(=O)NCCNC(=O)CCCCCCCCCCCCCCCCC.CCCCCCCCCCCCCCCCCC1=NC(CO)(CO)CO1. The molecule has 0 aromatic rings. The zero-order valence-electron chi connectivity index (χ0n) is 46.0. The summed E-state index contributed by atoms with van der Waals surface area (Å²) in [6.45, 7) is 7.95. The van der Waals surface area contributed by atoms with Gasteiger partial charge in [-0.05, 0) is 19.3 Å². The normalized spacial score (nSPS) is 13.0. The highest BCUT2D eigenvalue weighted by Crippen LogP contribution is 2.21. The van der Waals surface area contributed by atoms with Gasteiger partial charge in [-0.2, -0.15) is 0 Å². The van der Waals surface area contributed by atoms with Crippen LogP contribution in [0.2, 0.25) is 0 Å². The van der Waals surface area contributed by atoms with Gasteiger partial charge in [-0.25, -0.2) is 4.99 Å². The number of hydrogen-bond acceptors (Lipinski definition) is 6. The average Bonchev–Trinajstić information content (AvgIpc) is 3.78. The van der Waals surface area contributed by atoms with E-state index in [-0.39, 0.29) is 25.0 Å². The Morgan fingerprint density at radius 2 is 0.632 bits per heavy atom. The molecule has 0 radical (unpaired) electrons. The Morgan fingerprint density at radius 1 is 0.397 bits per heavy atom. The van der Waals surface area contributed by atoms with Crippen molar-refractivity contribution in [3.8, 4) is 0 Å². The number of carbonyl (C=O) groups is 2. The largest absolute Gasteiger partial charge is 0.478 e. The van der Waals surface area contributed by atoms with E-state index in [1.807, 2.05) is 0 Å². The maximum atomic E-state index is 12.0. The Kier molecular flexibility index (Phi) is 53.3. The van der Waals surface area contributed by atoms with Gasteiger partial charge in [-0.1, -0.05) is 290 Å². The molecule has 4 N–H and O–H groups in total. The molecule has 68 heavy (non-hydrogen) atoms. The minimum atomic E-state index is -0.787. The molecule has 0 bridgehead atoms. The van der Waals surface area contributed by atoms with Crippen LogP contribution >= 0.6 is 0 Å². The number of nitrogens with one attached hydrogen (secondary N) is 2. The van der Waals surface area contributed by atoms with Crippen LogP contribution < -0.4 is 10.6 Å². The number of nitrogens with zero attached hydrogens (tertiary/aromatic N) is 1. The van der Waals surface area contributed by atoms with Crippen LogP contribution in [0, 0.1) is 0 Å². The molecule has 1 heterocycles. The Bertz CT molecular complexity index is 1020. The van der Waals surface area contributed by atoms with Crippen LogP contribution in [-0.4, -0.2) is 66.4 Å². The predicted octanol–water partition coefficient (Wildman–Crippen LogP) is 17.1. The van der Waals surface area contributed by atoms with E-state index in [1.165, 1.54) is 257 Å². The van der Waals surface area contributed by atoms with E-state index in [0.717, 1.165) is 38.5 Å². The molecule has 1 aliphatic rings. The van der Waals surface area contributed by atoms with Crippen molar-refractivity contribution in [2.24, 2.45) is 4.99 Å². The fraction of sp³-hybridized carbons (Fsp3) is 0.950. The zero-order chi connectivity index (χ0) is 49.5. The van der Waals surface area contributed by atoms with Crippen LogP contribution in [0.4, 0.5) is 0 Å². The van der Waals surface area contributed by atoms with Crippen molar-refractivity contribution < 1.29 is 24.5 Å². The van der Waals surface area contributed by atoms with E-state index in [0.29, 0.717) is 38.4 Å². The van der Waals surface area contributed by atoms with Crippen molar-refractivity contribution in [3.05, 3.63) is 0 Å². The number of aliphatic hydroxyl groups is 2. The first kappa shape index (κ1) is 66.3. The third-order valence-corrected chi connectivity index (χ3v) is 14.2. The number of rotatable bonds is 53. The Labute approximate surface area is 423 Å². The number of unbranched alkanes of at least 4 members (excludes halogenated alkanes) is 42. The number of carbonyl (C=O) groups excluding carboxylic acids is 2. The van der Waals surface area contributed by atoms with E-state index in [2.05, 4.69) is 36.4 Å². The third kappa shape index (κ3) is 48.0. The number of hydrogen-bond donors (Lipinski definition) is 4.